The predicted molar refractivity (Wildman–Crippen MR) is 116 cm³/mol. The van der Waals surface area contributed by atoms with Gasteiger partial charge in [0, 0.05) is 6.07 Å². The van der Waals surface area contributed by atoms with E-state index in [9.17, 15) is 19.2 Å². The number of rotatable bonds is 7. The Morgan fingerprint density at radius 1 is 1.12 bits per heavy atom. The third-order valence-electron chi connectivity index (χ3n) is 5.53. The van der Waals surface area contributed by atoms with Gasteiger partial charge in [-0.2, -0.15) is 9.61 Å². The number of nitrogens with zero attached hydrogens (tertiary/aromatic N) is 4. The molecule has 3 aromatic rings. The van der Waals surface area contributed by atoms with Gasteiger partial charge in [-0.25, -0.2) is 9.78 Å². The van der Waals surface area contributed by atoms with Crippen molar-refractivity contribution in [2.75, 3.05) is 0 Å². The smallest absolute Gasteiger partial charge is 0.330 e. The first-order valence-corrected chi connectivity index (χ1v) is 11.2. The first kappa shape index (κ1) is 21.8. The van der Waals surface area contributed by atoms with E-state index in [0.29, 0.717) is 17.8 Å². The largest absolute Gasteiger partial charge is 0.458 e. The van der Waals surface area contributed by atoms with Crippen molar-refractivity contribution in [2.45, 2.75) is 46.3 Å². The molecule has 1 aliphatic heterocycles. The Morgan fingerprint density at radius 2 is 1.78 bits per heavy atom. The number of aryl methyl sites for hydroxylation is 1. The molecule has 0 bridgehead atoms. The molecule has 1 aliphatic rings. The first-order valence-electron chi connectivity index (χ1n) is 10.4. The highest BCUT2D eigenvalue weighted by molar-refractivity contribution is 7.16. The molecule has 2 atom stereocenters. The topological polar surface area (TPSA) is 111 Å². The zero-order valence-electron chi connectivity index (χ0n) is 17.9. The Bertz CT molecular complexity index is 1250. The number of imide groups is 1. The van der Waals surface area contributed by atoms with Gasteiger partial charge in [-0.15, -0.1) is 0 Å². The highest BCUT2D eigenvalue weighted by Gasteiger charge is 2.45. The summed E-state index contributed by atoms with van der Waals surface area (Å²) in [6.45, 7) is 5.34. The molecule has 4 rings (SSSR count). The normalized spacial score (nSPS) is 15.2. The predicted octanol–water partition coefficient (Wildman–Crippen LogP) is 2.47. The lowest BCUT2D eigenvalue weighted by molar-refractivity contribution is -0.151. The summed E-state index contributed by atoms with van der Waals surface area (Å²) in [6.07, 6.45) is 1.23. The van der Waals surface area contributed by atoms with Crippen molar-refractivity contribution in [3.63, 3.8) is 0 Å². The van der Waals surface area contributed by atoms with Crippen LogP contribution < -0.4 is 5.56 Å². The van der Waals surface area contributed by atoms with Crippen LogP contribution in [-0.4, -0.2) is 43.3 Å². The number of fused-ring (bicyclic) bond motifs is 2. The van der Waals surface area contributed by atoms with Crippen LogP contribution in [0.3, 0.4) is 0 Å². The fourth-order valence-corrected chi connectivity index (χ4v) is 4.48. The third kappa shape index (κ3) is 3.70. The van der Waals surface area contributed by atoms with E-state index < -0.39 is 23.8 Å². The summed E-state index contributed by atoms with van der Waals surface area (Å²) in [6, 6.07) is 6.68. The number of benzene rings is 1. The molecule has 10 heteroatoms. The minimum Gasteiger partial charge on any atom is -0.458 e. The summed E-state index contributed by atoms with van der Waals surface area (Å²) >= 11 is 1.29. The number of amides is 2. The minimum absolute atomic E-state index is 0.250. The second kappa shape index (κ2) is 8.62. The third-order valence-corrected chi connectivity index (χ3v) is 6.59. The van der Waals surface area contributed by atoms with Crippen molar-refractivity contribution in [1.82, 2.24) is 19.5 Å². The van der Waals surface area contributed by atoms with Gasteiger partial charge in [0.1, 0.15) is 17.7 Å². The van der Waals surface area contributed by atoms with Crippen molar-refractivity contribution in [1.29, 1.82) is 0 Å². The van der Waals surface area contributed by atoms with Crippen LogP contribution in [0.15, 0.2) is 35.1 Å². The zero-order chi connectivity index (χ0) is 23.0. The summed E-state index contributed by atoms with van der Waals surface area (Å²) in [4.78, 5) is 56.9. The lowest BCUT2D eigenvalue weighted by Crippen LogP contribution is -2.49. The minimum atomic E-state index is -1.08. The Labute approximate surface area is 187 Å². The molecule has 3 heterocycles. The number of ether oxygens (including phenoxy) is 1. The molecule has 166 valence electrons. The summed E-state index contributed by atoms with van der Waals surface area (Å²) in [5.41, 5.74) is 0.460. The molecule has 0 saturated carbocycles. The molecule has 0 saturated heterocycles. The van der Waals surface area contributed by atoms with Gasteiger partial charge in [0.15, 0.2) is 0 Å². The van der Waals surface area contributed by atoms with E-state index >= 15 is 0 Å². The van der Waals surface area contributed by atoms with Crippen LogP contribution in [0, 0.1) is 5.92 Å². The van der Waals surface area contributed by atoms with Gasteiger partial charge in [0.25, 0.3) is 17.4 Å². The fraction of sp³-hybridized carbons (Fsp3) is 0.364. The summed E-state index contributed by atoms with van der Waals surface area (Å²) in [5, 5.41) is 4.96. The Balaban J connectivity index is 1.57. The maximum Gasteiger partial charge on any atom is 0.330 e. The van der Waals surface area contributed by atoms with Crippen molar-refractivity contribution in [3.05, 3.63) is 62.5 Å². The van der Waals surface area contributed by atoms with E-state index in [-0.39, 0.29) is 34.9 Å². The van der Waals surface area contributed by atoms with Crippen LogP contribution in [0.25, 0.3) is 4.96 Å². The highest BCUT2D eigenvalue weighted by atomic mass is 32.1. The van der Waals surface area contributed by atoms with Crippen LogP contribution in [0.4, 0.5) is 0 Å². The summed E-state index contributed by atoms with van der Waals surface area (Å²) < 4.78 is 6.66. The van der Waals surface area contributed by atoms with Crippen molar-refractivity contribution in [2.24, 2.45) is 5.92 Å². The molecule has 9 nitrogen and oxygen atoms in total. The maximum absolute atomic E-state index is 13.1. The van der Waals surface area contributed by atoms with Gasteiger partial charge in [-0.1, -0.05) is 50.7 Å². The molecular weight excluding hydrogens is 432 g/mol. The average Bonchev–Trinajstić information content (AvgIpc) is 3.33. The van der Waals surface area contributed by atoms with Crippen LogP contribution in [0.5, 0.6) is 0 Å². The standard InChI is InChI=1S/C22H22N4O5S/c1-4-12(3)18(25-19(28)14-8-6-7-9-15(14)20(25)29)21(30)31-11-13-10-17(27)26-22(23-13)32-16(5-2)24-26/h6-10,12,18H,4-5,11H2,1-3H3/t12-,18+/m0/s1. The Hall–Kier alpha value is -3.40. The molecule has 32 heavy (non-hydrogen) atoms. The second-order valence-electron chi connectivity index (χ2n) is 7.59. The number of carbonyl (C=O) groups is 3. The summed E-state index contributed by atoms with van der Waals surface area (Å²) in [5.74, 6) is -2.06. The van der Waals surface area contributed by atoms with Crippen LogP contribution >= 0.6 is 11.3 Å². The molecule has 0 N–H and O–H groups in total. The van der Waals surface area contributed by atoms with E-state index in [4.69, 9.17) is 4.74 Å². The second-order valence-corrected chi connectivity index (χ2v) is 8.63. The first-order chi connectivity index (χ1) is 15.3. The maximum atomic E-state index is 13.1. The van der Waals surface area contributed by atoms with Gasteiger partial charge >= 0.3 is 5.97 Å². The van der Waals surface area contributed by atoms with Crippen molar-refractivity contribution < 1.29 is 19.1 Å². The number of hydrogen-bond donors (Lipinski definition) is 0. The summed E-state index contributed by atoms with van der Waals surface area (Å²) in [7, 11) is 0. The Kier molecular flexibility index (Phi) is 5.88. The molecule has 0 fully saturated rings. The number of carbonyl (C=O) groups excluding carboxylic acids is 3. The molecular formula is C22H22N4O5S. The van der Waals surface area contributed by atoms with Gasteiger partial charge in [0.05, 0.1) is 16.8 Å². The fourth-order valence-electron chi connectivity index (χ4n) is 3.62. The van der Waals surface area contributed by atoms with E-state index in [2.05, 4.69) is 10.1 Å². The van der Waals surface area contributed by atoms with Gasteiger partial charge in [0.2, 0.25) is 4.96 Å². The number of hydrogen-bond acceptors (Lipinski definition) is 8. The lowest BCUT2D eigenvalue weighted by Gasteiger charge is -2.28. The number of esters is 1. The highest BCUT2D eigenvalue weighted by Crippen LogP contribution is 2.29. The average molecular weight is 455 g/mol. The van der Waals surface area contributed by atoms with E-state index in [1.165, 1.54) is 21.9 Å². The van der Waals surface area contributed by atoms with Gasteiger partial charge < -0.3 is 4.74 Å². The molecule has 2 aromatic heterocycles. The van der Waals surface area contributed by atoms with Crippen LogP contribution in [-0.2, 0) is 22.6 Å². The van der Waals surface area contributed by atoms with E-state index in [0.717, 1.165) is 9.91 Å². The SMILES string of the molecule is CCc1nn2c(=O)cc(COC(=O)[C@@H]([C@@H](C)CC)N3C(=O)c4ccccc4C3=O)nc2s1. The number of aromatic nitrogens is 3. The van der Waals surface area contributed by atoms with Crippen LogP contribution in [0.2, 0.25) is 0 Å². The van der Waals surface area contributed by atoms with Crippen molar-refractivity contribution in [3.8, 4) is 0 Å². The molecule has 2 amide bonds. The molecule has 0 aliphatic carbocycles. The van der Waals surface area contributed by atoms with Crippen LogP contribution in [0.1, 0.15) is 58.6 Å². The molecule has 0 radical (unpaired) electrons. The monoisotopic (exact) mass is 454 g/mol. The Morgan fingerprint density at radius 3 is 2.38 bits per heavy atom. The van der Waals surface area contributed by atoms with Crippen molar-refractivity contribution >= 4 is 34.1 Å². The molecule has 0 unspecified atom stereocenters. The zero-order valence-corrected chi connectivity index (χ0v) is 18.7. The van der Waals surface area contributed by atoms with Gasteiger partial charge in [-0.05, 0) is 24.5 Å². The molecule has 1 aromatic carbocycles. The molecule has 0 spiro atoms. The van der Waals surface area contributed by atoms with Gasteiger partial charge in [-0.3, -0.25) is 19.3 Å². The van der Waals surface area contributed by atoms with E-state index in [1.807, 2.05) is 13.8 Å². The quantitative estimate of drug-likeness (QED) is 0.398. The lowest BCUT2D eigenvalue weighted by atomic mass is 9.97. The van der Waals surface area contributed by atoms with E-state index in [1.54, 1.807) is 31.2 Å².